The highest BCUT2D eigenvalue weighted by Gasteiger charge is 2.16. The lowest BCUT2D eigenvalue weighted by Gasteiger charge is -2.32. The molecule has 0 atom stereocenters. The molecular formula is C31H69N3+2. The standard InChI is InChI=1S/C31H69N3/c1-8-10-12-14-16-18-20-22-28-33(4,5)30-24-26-32(3)27-25-31-34(6,7)29-23-21-19-17-15-13-11-9-2/h8-31H2,1-7H3/q+2. The Bertz CT molecular complexity index is 381. The summed E-state index contributed by atoms with van der Waals surface area (Å²) >= 11 is 0. The molecule has 0 unspecified atom stereocenters. The highest BCUT2D eigenvalue weighted by atomic mass is 15.3. The Morgan fingerprint density at radius 2 is 0.647 bits per heavy atom. The largest absolute Gasteiger partial charge is 0.328 e. The molecule has 0 aromatic rings. The Hall–Kier alpha value is -0.120. The summed E-state index contributed by atoms with van der Waals surface area (Å²) in [4.78, 5) is 2.58. The van der Waals surface area contributed by atoms with Crippen molar-refractivity contribution in [2.45, 2.75) is 129 Å². The topological polar surface area (TPSA) is 3.24 Å². The van der Waals surface area contributed by atoms with E-state index in [1.54, 1.807) is 0 Å². The van der Waals surface area contributed by atoms with Gasteiger partial charge in [-0.05, 0) is 32.7 Å². The first-order valence-corrected chi connectivity index (χ1v) is 15.5. The molecule has 0 saturated heterocycles. The first kappa shape index (κ1) is 33.9. The summed E-state index contributed by atoms with van der Waals surface area (Å²) in [5.74, 6) is 0. The van der Waals surface area contributed by atoms with Gasteiger partial charge in [-0.3, -0.25) is 0 Å². The zero-order chi connectivity index (χ0) is 25.5. The van der Waals surface area contributed by atoms with Crippen LogP contribution in [-0.4, -0.2) is 88.4 Å². The fraction of sp³-hybridized carbons (Fsp3) is 1.00. The molecule has 0 N–H and O–H groups in total. The highest BCUT2D eigenvalue weighted by molar-refractivity contribution is 4.54. The van der Waals surface area contributed by atoms with E-state index in [0.717, 1.165) is 0 Å². The van der Waals surface area contributed by atoms with Crippen molar-refractivity contribution in [2.75, 3.05) is 74.5 Å². The summed E-state index contributed by atoms with van der Waals surface area (Å²) in [5.41, 5.74) is 0. The normalized spacial score (nSPS) is 12.7. The van der Waals surface area contributed by atoms with Crippen molar-refractivity contribution in [3.8, 4) is 0 Å². The van der Waals surface area contributed by atoms with Gasteiger partial charge in [-0.2, -0.15) is 0 Å². The van der Waals surface area contributed by atoms with Crippen LogP contribution in [0.5, 0.6) is 0 Å². The van der Waals surface area contributed by atoms with Gasteiger partial charge in [-0.25, -0.2) is 0 Å². The maximum Gasteiger partial charge on any atom is 0.0794 e. The van der Waals surface area contributed by atoms with Crippen LogP contribution in [0.1, 0.15) is 129 Å². The maximum absolute atomic E-state index is 2.58. The van der Waals surface area contributed by atoms with E-state index in [0.29, 0.717) is 0 Å². The Labute approximate surface area is 217 Å². The predicted molar refractivity (Wildman–Crippen MR) is 156 cm³/mol. The Kier molecular flexibility index (Phi) is 22.0. The van der Waals surface area contributed by atoms with E-state index < -0.39 is 0 Å². The Balaban J connectivity index is 3.70. The number of nitrogens with zero attached hydrogens (tertiary/aromatic N) is 3. The number of hydrogen-bond acceptors (Lipinski definition) is 1. The molecular weight excluding hydrogens is 414 g/mol. The molecule has 0 bridgehead atoms. The van der Waals surface area contributed by atoms with Gasteiger partial charge in [0, 0.05) is 25.9 Å². The van der Waals surface area contributed by atoms with Gasteiger partial charge < -0.3 is 13.9 Å². The van der Waals surface area contributed by atoms with Crippen LogP contribution in [0.4, 0.5) is 0 Å². The lowest BCUT2D eigenvalue weighted by molar-refractivity contribution is -0.891. The molecule has 0 aliphatic heterocycles. The van der Waals surface area contributed by atoms with E-state index in [2.05, 4.69) is 54.0 Å². The summed E-state index contributed by atoms with van der Waals surface area (Å²) < 4.78 is 2.40. The van der Waals surface area contributed by atoms with Crippen molar-refractivity contribution in [3.05, 3.63) is 0 Å². The fourth-order valence-electron chi connectivity index (χ4n) is 5.22. The van der Waals surface area contributed by atoms with Crippen molar-refractivity contribution >= 4 is 0 Å². The molecule has 0 aromatic heterocycles. The summed E-state index contributed by atoms with van der Waals surface area (Å²) in [7, 11) is 12.1. The van der Waals surface area contributed by atoms with Crippen LogP contribution in [0, 0.1) is 0 Å². The number of unbranched alkanes of at least 4 members (excludes halogenated alkanes) is 14. The molecule has 0 fully saturated rings. The minimum atomic E-state index is 1.20. The van der Waals surface area contributed by atoms with E-state index in [4.69, 9.17) is 0 Å². The van der Waals surface area contributed by atoms with Crippen LogP contribution in [0.3, 0.4) is 0 Å². The van der Waals surface area contributed by atoms with Gasteiger partial charge in [0.15, 0.2) is 0 Å². The average Bonchev–Trinajstić information content (AvgIpc) is 2.77. The Morgan fingerprint density at radius 3 is 0.971 bits per heavy atom. The van der Waals surface area contributed by atoms with Gasteiger partial charge in [-0.1, -0.05) is 90.9 Å². The molecule has 0 saturated carbocycles. The molecule has 0 aliphatic carbocycles. The SMILES string of the molecule is CCCCCCCCCC[N+](C)(C)CCCN(C)CCC[N+](C)(C)CCCCCCCCCC. The number of quaternary nitrogens is 2. The quantitative estimate of drug-likeness (QED) is 0.0886. The fourth-order valence-corrected chi connectivity index (χ4v) is 5.22. The lowest BCUT2D eigenvalue weighted by Crippen LogP contribution is -2.43. The molecule has 0 radical (unpaired) electrons. The second-order valence-corrected chi connectivity index (χ2v) is 12.7. The Morgan fingerprint density at radius 1 is 0.382 bits per heavy atom. The van der Waals surface area contributed by atoms with Crippen LogP contribution in [-0.2, 0) is 0 Å². The van der Waals surface area contributed by atoms with Crippen LogP contribution in [0.25, 0.3) is 0 Å². The summed E-state index contributed by atoms with van der Waals surface area (Å²) in [6.07, 6.45) is 25.5. The third kappa shape index (κ3) is 23.6. The summed E-state index contributed by atoms with van der Waals surface area (Å²) in [6, 6.07) is 0. The van der Waals surface area contributed by atoms with Gasteiger partial charge >= 0.3 is 0 Å². The maximum atomic E-state index is 2.58. The van der Waals surface area contributed by atoms with Crippen molar-refractivity contribution in [3.63, 3.8) is 0 Å². The van der Waals surface area contributed by atoms with E-state index >= 15 is 0 Å². The molecule has 0 spiro atoms. The van der Waals surface area contributed by atoms with Crippen LogP contribution < -0.4 is 0 Å². The highest BCUT2D eigenvalue weighted by Crippen LogP contribution is 2.12. The minimum absolute atomic E-state index is 1.20. The molecule has 3 heteroatoms. The zero-order valence-electron chi connectivity index (χ0n) is 25.3. The molecule has 0 rings (SSSR count). The molecule has 0 heterocycles. The monoisotopic (exact) mass is 484 g/mol. The van der Waals surface area contributed by atoms with E-state index in [9.17, 15) is 0 Å². The van der Waals surface area contributed by atoms with Crippen molar-refractivity contribution in [2.24, 2.45) is 0 Å². The zero-order valence-corrected chi connectivity index (χ0v) is 25.3. The molecule has 206 valence electrons. The number of hydrogen-bond donors (Lipinski definition) is 0. The molecule has 0 amide bonds. The van der Waals surface area contributed by atoms with E-state index in [-0.39, 0.29) is 0 Å². The van der Waals surface area contributed by atoms with E-state index in [1.165, 1.54) is 164 Å². The van der Waals surface area contributed by atoms with Gasteiger partial charge in [0.2, 0.25) is 0 Å². The second-order valence-electron chi connectivity index (χ2n) is 12.7. The first-order valence-electron chi connectivity index (χ1n) is 15.5. The second kappa shape index (κ2) is 22.1. The number of rotatable bonds is 26. The first-order chi connectivity index (χ1) is 16.2. The minimum Gasteiger partial charge on any atom is -0.328 e. The third-order valence-corrected chi connectivity index (χ3v) is 7.84. The molecule has 3 nitrogen and oxygen atoms in total. The van der Waals surface area contributed by atoms with E-state index in [1.807, 2.05) is 0 Å². The van der Waals surface area contributed by atoms with Gasteiger partial charge in [0.05, 0.1) is 54.4 Å². The van der Waals surface area contributed by atoms with Crippen molar-refractivity contribution in [1.29, 1.82) is 0 Å². The smallest absolute Gasteiger partial charge is 0.0794 e. The molecule has 34 heavy (non-hydrogen) atoms. The predicted octanol–water partition coefficient (Wildman–Crippen LogP) is 8.13. The molecule has 0 aliphatic rings. The average molecular weight is 484 g/mol. The summed E-state index contributed by atoms with van der Waals surface area (Å²) in [6.45, 7) is 12.5. The summed E-state index contributed by atoms with van der Waals surface area (Å²) in [5, 5.41) is 0. The third-order valence-electron chi connectivity index (χ3n) is 7.84. The van der Waals surface area contributed by atoms with Crippen molar-refractivity contribution in [1.82, 2.24) is 4.90 Å². The van der Waals surface area contributed by atoms with Crippen LogP contribution in [0.15, 0.2) is 0 Å². The van der Waals surface area contributed by atoms with Crippen LogP contribution in [0.2, 0.25) is 0 Å². The van der Waals surface area contributed by atoms with Crippen LogP contribution >= 0.6 is 0 Å². The van der Waals surface area contributed by atoms with Gasteiger partial charge in [-0.15, -0.1) is 0 Å². The van der Waals surface area contributed by atoms with Gasteiger partial charge in [0.1, 0.15) is 0 Å². The van der Waals surface area contributed by atoms with Crippen molar-refractivity contribution < 1.29 is 8.97 Å². The lowest BCUT2D eigenvalue weighted by atomic mass is 10.1. The molecule has 0 aromatic carbocycles. The van der Waals surface area contributed by atoms with Gasteiger partial charge in [0.25, 0.3) is 0 Å².